The van der Waals surface area contributed by atoms with Crippen molar-refractivity contribution in [2.45, 2.75) is 45.7 Å². The van der Waals surface area contributed by atoms with Crippen LogP contribution in [0.2, 0.25) is 0 Å². The van der Waals surface area contributed by atoms with Gasteiger partial charge in [0.05, 0.1) is 30.5 Å². The molecule has 0 spiro atoms. The molecule has 0 aliphatic carbocycles. The lowest BCUT2D eigenvalue weighted by Gasteiger charge is -2.24. The third-order valence-electron chi connectivity index (χ3n) is 5.57. The molecule has 1 aliphatic rings. The molecule has 1 aliphatic heterocycles. The minimum absolute atomic E-state index is 0.0391. The highest BCUT2D eigenvalue weighted by Gasteiger charge is 2.27. The van der Waals surface area contributed by atoms with Crippen LogP contribution in [0, 0.1) is 6.92 Å². The van der Waals surface area contributed by atoms with Crippen molar-refractivity contribution in [3.8, 4) is 5.75 Å². The Morgan fingerprint density at radius 3 is 2.91 bits per heavy atom. The number of methoxy groups -OCH3 is 1. The van der Waals surface area contributed by atoms with E-state index in [0.29, 0.717) is 48.0 Å². The number of carbonyl (C=O) groups is 2. The normalized spacial score (nSPS) is 15.5. The summed E-state index contributed by atoms with van der Waals surface area (Å²) in [6.45, 7) is 8.78. The lowest BCUT2D eigenvalue weighted by Crippen LogP contribution is -2.22. The fourth-order valence-electron chi connectivity index (χ4n) is 4.16. The highest BCUT2D eigenvalue weighted by molar-refractivity contribution is 6.04. The summed E-state index contributed by atoms with van der Waals surface area (Å²) in [6.07, 6.45) is 4.22. The topological polar surface area (TPSA) is 100 Å². The van der Waals surface area contributed by atoms with Crippen LogP contribution in [0.25, 0.3) is 11.0 Å². The Morgan fingerprint density at radius 1 is 1.38 bits per heavy atom. The smallest absolute Gasteiger partial charge is 0.338 e. The number of carbonyl (C=O) groups excluding carboxylic acids is 2. The van der Waals surface area contributed by atoms with E-state index in [9.17, 15) is 9.59 Å². The molecular weight excluding hydrogens is 410 g/mol. The Labute approximate surface area is 186 Å². The third kappa shape index (κ3) is 3.86. The monoisotopic (exact) mass is 437 g/mol. The number of rotatable bonds is 6. The number of aromatic nitrogens is 4. The van der Waals surface area contributed by atoms with Crippen LogP contribution in [0.4, 0.5) is 5.95 Å². The molecule has 0 bridgehead atoms. The number of hydrogen-bond acceptors (Lipinski definition) is 6. The van der Waals surface area contributed by atoms with Gasteiger partial charge in [-0.3, -0.25) is 14.8 Å². The van der Waals surface area contributed by atoms with Crippen molar-refractivity contribution >= 4 is 28.9 Å². The first-order valence-corrected chi connectivity index (χ1v) is 10.7. The van der Waals surface area contributed by atoms with E-state index in [4.69, 9.17) is 9.47 Å². The number of benzene rings is 1. The quantitative estimate of drug-likeness (QED) is 0.464. The van der Waals surface area contributed by atoms with E-state index in [1.54, 1.807) is 22.9 Å². The number of hydrogen-bond donors (Lipinski definition) is 1. The van der Waals surface area contributed by atoms with Gasteiger partial charge in [-0.15, -0.1) is 6.58 Å². The molecule has 3 heterocycles. The minimum atomic E-state index is -0.473. The molecule has 1 amide bonds. The number of imidazole rings is 1. The van der Waals surface area contributed by atoms with Gasteiger partial charge in [-0.05, 0) is 51.3 Å². The molecule has 2 aromatic heterocycles. The second-order valence-electron chi connectivity index (χ2n) is 7.75. The van der Waals surface area contributed by atoms with Crippen molar-refractivity contribution in [3.63, 3.8) is 0 Å². The molecule has 0 saturated heterocycles. The molecule has 4 rings (SSSR count). The van der Waals surface area contributed by atoms with Gasteiger partial charge in [0.2, 0.25) is 5.95 Å². The lowest BCUT2D eigenvalue weighted by molar-refractivity contribution is 0.0600. The first-order chi connectivity index (χ1) is 15.5. The number of ether oxygens (including phenoxy) is 2. The Bertz CT molecular complexity index is 1190. The molecule has 0 fully saturated rings. The maximum absolute atomic E-state index is 13.1. The van der Waals surface area contributed by atoms with E-state index in [0.717, 1.165) is 24.1 Å². The Kier molecular flexibility index (Phi) is 5.98. The average molecular weight is 438 g/mol. The number of nitrogens with zero attached hydrogens (tertiary/aromatic N) is 4. The highest BCUT2D eigenvalue weighted by atomic mass is 16.5. The Hall–Kier alpha value is -3.62. The number of amides is 1. The summed E-state index contributed by atoms with van der Waals surface area (Å²) in [5, 5.41) is 7.32. The molecule has 32 heavy (non-hydrogen) atoms. The number of aryl methyl sites for hydroxylation is 2. The predicted molar refractivity (Wildman–Crippen MR) is 120 cm³/mol. The number of esters is 1. The van der Waals surface area contributed by atoms with Crippen LogP contribution < -0.4 is 10.1 Å². The molecule has 3 aromatic rings. The van der Waals surface area contributed by atoms with Crippen molar-refractivity contribution in [1.82, 2.24) is 19.3 Å². The molecule has 1 unspecified atom stereocenters. The average Bonchev–Trinajstić information content (AvgIpc) is 3.33. The van der Waals surface area contributed by atoms with Crippen molar-refractivity contribution in [2.24, 2.45) is 0 Å². The molecule has 9 heteroatoms. The summed E-state index contributed by atoms with van der Waals surface area (Å²) < 4.78 is 14.5. The fraction of sp³-hybridized carbons (Fsp3) is 0.391. The maximum Gasteiger partial charge on any atom is 0.338 e. The fourth-order valence-corrected chi connectivity index (χ4v) is 4.16. The number of anilines is 1. The maximum atomic E-state index is 13.1. The van der Waals surface area contributed by atoms with Gasteiger partial charge in [-0.25, -0.2) is 9.78 Å². The minimum Gasteiger partial charge on any atom is -0.491 e. The van der Waals surface area contributed by atoms with Gasteiger partial charge in [0.25, 0.3) is 5.91 Å². The summed E-state index contributed by atoms with van der Waals surface area (Å²) in [5.41, 5.74) is 2.86. The van der Waals surface area contributed by atoms with E-state index in [1.807, 2.05) is 24.5 Å². The molecule has 9 nitrogen and oxygen atoms in total. The second kappa shape index (κ2) is 8.86. The van der Waals surface area contributed by atoms with Crippen LogP contribution in [0.3, 0.4) is 0 Å². The van der Waals surface area contributed by atoms with Crippen LogP contribution in [-0.2, 0) is 11.3 Å². The third-order valence-corrected chi connectivity index (χ3v) is 5.57. The van der Waals surface area contributed by atoms with E-state index < -0.39 is 5.97 Å². The van der Waals surface area contributed by atoms with Gasteiger partial charge in [0, 0.05) is 12.6 Å². The first kappa shape index (κ1) is 21.6. The Balaban J connectivity index is 1.87. The van der Waals surface area contributed by atoms with Gasteiger partial charge >= 0.3 is 5.97 Å². The van der Waals surface area contributed by atoms with Crippen molar-refractivity contribution in [2.75, 3.05) is 19.0 Å². The highest BCUT2D eigenvalue weighted by Crippen LogP contribution is 2.37. The van der Waals surface area contributed by atoms with E-state index in [1.165, 1.54) is 7.11 Å². The van der Waals surface area contributed by atoms with E-state index in [2.05, 4.69) is 22.0 Å². The Morgan fingerprint density at radius 2 is 2.19 bits per heavy atom. The molecule has 1 atom stereocenters. The summed E-state index contributed by atoms with van der Waals surface area (Å²) >= 11 is 0. The van der Waals surface area contributed by atoms with E-state index in [-0.39, 0.29) is 11.9 Å². The number of nitrogens with one attached hydrogen (secondary N) is 1. The molecule has 0 radical (unpaired) electrons. The van der Waals surface area contributed by atoms with E-state index >= 15 is 0 Å². The molecular formula is C23H27N5O4. The largest absolute Gasteiger partial charge is 0.491 e. The van der Waals surface area contributed by atoms with Gasteiger partial charge in [0.1, 0.15) is 17.0 Å². The molecule has 1 N–H and O–H groups in total. The summed E-state index contributed by atoms with van der Waals surface area (Å²) in [6, 6.07) is 5.12. The SMILES string of the molecule is C=CCC1CCCOc2cc(C(=O)OC)cc3nc(NC(=O)c4cc(C)nn4CC)n1c23. The summed E-state index contributed by atoms with van der Waals surface area (Å²) in [5.74, 6) is 0.166. The second-order valence-corrected chi connectivity index (χ2v) is 7.75. The van der Waals surface area contributed by atoms with Crippen LogP contribution in [0.5, 0.6) is 5.75 Å². The predicted octanol–water partition coefficient (Wildman–Crippen LogP) is 3.89. The van der Waals surface area contributed by atoms with Gasteiger partial charge in [-0.1, -0.05) is 6.08 Å². The zero-order valence-electron chi connectivity index (χ0n) is 18.6. The van der Waals surface area contributed by atoms with Gasteiger partial charge < -0.3 is 14.0 Å². The number of allylic oxidation sites excluding steroid dienone is 1. The summed E-state index contributed by atoms with van der Waals surface area (Å²) in [4.78, 5) is 30.0. The standard InChI is InChI=1S/C23H27N5O4/c1-5-8-16-9-7-10-32-19-13-15(22(30)31-4)12-17-20(19)28(16)23(24-17)25-21(29)18-11-14(3)26-27(18)6-2/h5,11-13,16H,1,6-10H2,2-4H3,(H,24,25,29). The van der Waals surface area contributed by atoms with Crippen LogP contribution in [0.15, 0.2) is 30.9 Å². The first-order valence-electron chi connectivity index (χ1n) is 10.7. The molecule has 1 aromatic carbocycles. The van der Waals surface area contributed by atoms with Crippen LogP contribution >= 0.6 is 0 Å². The molecule has 168 valence electrons. The van der Waals surface area contributed by atoms with Crippen molar-refractivity contribution < 1.29 is 19.1 Å². The molecule has 0 saturated carbocycles. The zero-order valence-corrected chi connectivity index (χ0v) is 18.6. The lowest BCUT2D eigenvalue weighted by atomic mass is 10.1. The van der Waals surface area contributed by atoms with Crippen LogP contribution in [0.1, 0.15) is 58.8 Å². The summed E-state index contributed by atoms with van der Waals surface area (Å²) in [7, 11) is 1.33. The van der Waals surface area contributed by atoms with Crippen molar-refractivity contribution in [3.05, 3.63) is 47.8 Å². The van der Waals surface area contributed by atoms with Crippen LogP contribution in [-0.4, -0.2) is 44.9 Å². The van der Waals surface area contributed by atoms with Gasteiger partial charge in [0.15, 0.2) is 0 Å². The zero-order chi connectivity index (χ0) is 22.8. The van der Waals surface area contributed by atoms with Gasteiger partial charge in [-0.2, -0.15) is 5.10 Å². The van der Waals surface area contributed by atoms with Crippen molar-refractivity contribution in [1.29, 1.82) is 0 Å².